The van der Waals surface area contributed by atoms with E-state index >= 15 is 0 Å². The predicted molar refractivity (Wildman–Crippen MR) is 109 cm³/mol. The number of amides is 3. The molecule has 8 nitrogen and oxygen atoms in total. The third-order valence-electron chi connectivity index (χ3n) is 4.53. The highest BCUT2D eigenvalue weighted by Gasteiger charge is 2.55. The second kappa shape index (κ2) is 11.2. The van der Waals surface area contributed by atoms with E-state index in [1.54, 1.807) is 0 Å². The van der Waals surface area contributed by atoms with Crippen molar-refractivity contribution in [2.24, 2.45) is 0 Å². The molecule has 0 atom stereocenters. The van der Waals surface area contributed by atoms with Crippen LogP contribution >= 0.6 is 0 Å². The number of hydrogen-bond donors (Lipinski definition) is 0. The number of benzene rings is 2. The predicted octanol–water partition coefficient (Wildman–Crippen LogP) is 4.01. The number of ether oxygens (including phenoxy) is 2. The molecule has 0 aliphatic heterocycles. The average Bonchev–Trinajstić information content (AvgIpc) is 2.80. The molecular weight excluding hydrogens is 529 g/mol. The number of carbonyl (C=O) groups excluding carboxylic acids is 2. The molecule has 0 saturated heterocycles. The number of nitrogens with zero attached hydrogens (tertiary/aromatic N) is 2. The minimum Gasteiger partial charge on any atom is -0.364 e. The van der Waals surface area contributed by atoms with E-state index in [1.165, 1.54) is 0 Å². The van der Waals surface area contributed by atoms with Crippen molar-refractivity contribution in [3.05, 3.63) is 59.4 Å². The minimum absolute atomic E-state index is 0.0457. The maximum Gasteiger partial charge on any atom is 0.408 e. The minimum atomic E-state index is -6.05. The van der Waals surface area contributed by atoms with Crippen LogP contribution in [-0.2, 0) is 19.3 Å². The number of halogens is 7. The Morgan fingerprint density at radius 2 is 1.50 bits per heavy atom. The standard InChI is InChI=1S/C20H17F7N2O6S/c1-34-9-28(15-7-6-11(8-14(15)23)36(32,33)20(26,27)18(24)25)19(31)29(10-35-2)17(30)16-12(21)4-3-5-13(16)22/h3-8,18H,9-10H2,1-2H3. The highest BCUT2D eigenvalue weighted by molar-refractivity contribution is 7.92. The molecule has 0 fully saturated rings. The van der Waals surface area contributed by atoms with Crippen molar-refractivity contribution in [3.63, 3.8) is 0 Å². The third kappa shape index (κ3) is 5.44. The van der Waals surface area contributed by atoms with E-state index in [9.17, 15) is 48.7 Å². The molecule has 198 valence electrons. The molecule has 0 saturated carbocycles. The molecule has 0 spiro atoms. The number of sulfone groups is 1. The molecule has 0 bridgehead atoms. The fourth-order valence-corrected chi connectivity index (χ4v) is 3.87. The lowest BCUT2D eigenvalue weighted by Crippen LogP contribution is -2.48. The zero-order valence-electron chi connectivity index (χ0n) is 18.4. The second-order valence-electron chi connectivity index (χ2n) is 6.86. The maximum absolute atomic E-state index is 14.8. The van der Waals surface area contributed by atoms with Gasteiger partial charge in [-0.25, -0.2) is 40.1 Å². The van der Waals surface area contributed by atoms with Gasteiger partial charge in [0.25, 0.3) is 5.91 Å². The van der Waals surface area contributed by atoms with Crippen molar-refractivity contribution in [2.75, 3.05) is 32.6 Å². The van der Waals surface area contributed by atoms with E-state index in [4.69, 9.17) is 9.47 Å². The molecule has 3 amide bonds. The fraction of sp³-hybridized carbons (Fsp3) is 0.300. The molecule has 0 unspecified atom stereocenters. The van der Waals surface area contributed by atoms with Crippen LogP contribution < -0.4 is 4.90 Å². The molecule has 2 aromatic rings. The second-order valence-corrected chi connectivity index (χ2v) is 8.88. The van der Waals surface area contributed by atoms with Gasteiger partial charge in [0.15, 0.2) is 0 Å². The summed E-state index contributed by atoms with van der Waals surface area (Å²) >= 11 is 0. The van der Waals surface area contributed by atoms with Gasteiger partial charge in [-0.2, -0.15) is 8.78 Å². The van der Waals surface area contributed by atoms with Gasteiger partial charge in [0.1, 0.15) is 36.5 Å². The summed E-state index contributed by atoms with van der Waals surface area (Å²) in [6, 6.07) is 1.66. The molecule has 36 heavy (non-hydrogen) atoms. The van der Waals surface area contributed by atoms with Gasteiger partial charge in [-0.3, -0.25) is 9.69 Å². The molecule has 16 heteroatoms. The average molecular weight is 546 g/mol. The number of anilines is 1. The summed E-state index contributed by atoms with van der Waals surface area (Å²) in [7, 11) is -4.02. The zero-order chi connectivity index (χ0) is 27.4. The maximum atomic E-state index is 14.8. The summed E-state index contributed by atoms with van der Waals surface area (Å²) in [5.41, 5.74) is -2.01. The van der Waals surface area contributed by atoms with Crippen molar-refractivity contribution in [3.8, 4) is 0 Å². The van der Waals surface area contributed by atoms with E-state index in [2.05, 4.69) is 0 Å². The van der Waals surface area contributed by atoms with Crippen LogP contribution in [0.4, 0.5) is 41.2 Å². The molecule has 0 aliphatic carbocycles. The first-order chi connectivity index (χ1) is 16.7. The van der Waals surface area contributed by atoms with Crippen molar-refractivity contribution in [1.82, 2.24) is 4.90 Å². The van der Waals surface area contributed by atoms with Gasteiger partial charge >= 0.3 is 17.7 Å². The summed E-state index contributed by atoms with van der Waals surface area (Å²) in [4.78, 5) is 24.8. The van der Waals surface area contributed by atoms with E-state index in [-0.39, 0.29) is 11.0 Å². The lowest BCUT2D eigenvalue weighted by atomic mass is 10.1. The quantitative estimate of drug-likeness (QED) is 0.349. The van der Waals surface area contributed by atoms with Gasteiger partial charge in [0.2, 0.25) is 9.84 Å². The summed E-state index contributed by atoms with van der Waals surface area (Å²) in [5.74, 6) is -5.90. The van der Waals surface area contributed by atoms with Gasteiger partial charge in [0.05, 0.1) is 10.6 Å². The lowest BCUT2D eigenvalue weighted by molar-refractivity contribution is -0.0636. The Morgan fingerprint density at radius 1 is 0.944 bits per heavy atom. The summed E-state index contributed by atoms with van der Waals surface area (Å²) in [6.45, 7) is -1.75. The summed E-state index contributed by atoms with van der Waals surface area (Å²) in [6.07, 6.45) is -4.62. The number of rotatable bonds is 9. The van der Waals surface area contributed by atoms with Gasteiger partial charge in [-0.15, -0.1) is 0 Å². The lowest BCUT2D eigenvalue weighted by Gasteiger charge is -2.29. The third-order valence-corrected chi connectivity index (χ3v) is 6.30. The smallest absolute Gasteiger partial charge is 0.364 e. The van der Waals surface area contributed by atoms with Gasteiger partial charge in [0, 0.05) is 14.2 Å². The zero-order valence-corrected chi connectivity index (χ0v) is 19.2. The summed E-state index contributed by atoms with van der Waals surface area (Å²) < 4.78 is 128. The number of urea groups is 1. The van der Waals surface area contributed by atoms with Crippen LogP contribution in [0.15, 0.2) is 41.3 Å². The van der Waals surface area contributed by atoms with Crippen molar-refractivity contribution in [1.29, 1.82) is 0 Å². The van der Waals surface area contributed by atoms with E-state index < -0.39 is 80.5 Å². The van der Waals surface area contributed by atoms with Crippen LogP contribution in [-0.4, -0.2) is 64.6 Å². The molecule has 2 aromatic carbocycles. The monoisotopic (exact) mass is 546 g/mol. The van der Waals surface area contributed by atoms with Crippen LogP contribution in [0.5, 0.6) is 0 Å². The van der Waals surface area contributed by atoms with E-state index in [0.717, 1.165) is 32.4 Å². The highest BCUT2D eigenvalue weighted by atomic mass is 32.2. The van der Waals surface area contributed by atoms with Crippen LogP contribution in [0.1, 0.15) is 10.4 Å². The summed E-state index contributed by atoms with van der Waals surface area (Å²) in [5, 5.41) is -5.55. The van der Waals surface area contributed by atoms with Crippen molar-refractivity contribution in [2.45, 2.75) is 16.6 Å². The first-order valence-corrected chi connectivity index (χ1v) is 11.0. The SMILES string of the molecule is COCN(C(=O)c1c(F)cccc1F)C(=O)N(COC)c1ccc(S(=O)(=O)C(F)(F)C(F)F)cc1F. The molecule has 0 radical (unpaired) electrons. The molecule has 0 aromatic heterocycles. The molecular formula is C20H17F7N2O6S. The Morgan fingerprint density at radius 3 is 1.97 bits per heavy atom. The van der Waals surface area contributed by atoms with E-state index in [1.807, 2.05) is 0 Å². The Balaban J connectivity index is 2.55. The Labute approximate surface area is 199 Å². The van der Waals surface area contributed by atoms with Gasteiger partial charge < -0.3 is 9.47 Å². The number of hydrogen-bond acceptors (Lipinski definition) is 6. The van der Waals surface area contributed by atoms with E-state index in [0.29, 0.717) is 17.0 Å². The molecule has 0 heterocycles. The molecule has 0 aliphatic rings. The van der Waals surface area contributed by atoms with Crippen LogP contribution in [0.2, 0.25) is 0 Å². The van der Waals surface area contributed by atoms with Crippen LogP contribution in [0.3, 0.4) is 0 Å². The largest absolute Gasteiger partial charge is 0.408 e. The Bertz CT molecular complexity index is 1220. The first-order valence-electron chi connectivity index (χ1n) is 9.47. The Kier molecular flexibility index (Phi) is 9.03. The molecule has 2 rings (SSSR count). The highest BCUT2D eigenvalue weighted by Crippen LogP contribution is 2.36. The van der Waals surface area contributed by atoms with Crippen LogP contribution in [0, 0.1) is 17.5 Å². The number of imide groups is 1. The van der Waals surface area contributed by atoms with Crippen LogP contribution in [0.25, 0.3) is 0 Å². The Hall–Kier alpha value is -3.24. The van der Waals surface area contributed by atoms with Crippen molar-refractivity contribution < 1.29 is 58.2 Å². The number of alkyl halides is 4. The fourth-order valence-electron chi connectivity index (χ4n) is 2.82. The molecule has 0 N–H and O–H groups in total. The van der Waals surface area contributed by atoms with Gasteiger partial charge in [-0.1, -0.05) is 6.07 Å². The number of carbonyl (C=O) groups is 2. The normalized spacial score (nSPS) is 12.1. The number of methoxy groups -OCH3 is 2. The first kappa shape index (κ1) is 29.0. The topological polar surface area (TPSA) is 93.2 Å². The van der Waals surface area contributed by atoms with Gasteiger partial charge in [-0.05, 0) is 30.3 Å². The van der Waals surface area contributed by atoms with Crippen molar-refractivity contribution >= 4 is 27.5 Å².